The van der Waals surface area contributed by atoms with Gasteiger partial charge in [-0.15, -0.1) is 0 Å². The first kappa shape index (κ1) is 22.5. The van der Waals surface area contributed by atoms with Crippen LogP contribution in [0.25, 0.3) is 0 Å². The standard InChI is InChI=1S/C21H35NO4/c1-20(2)16-15-17(21(3,4)22(20)5)26-19(24)14-12-10-8-7-9-11-13-18(23)25-6/h17H,7-14H2,1-6H3. The quantitative estimate of drug-likeness (QED) is 0.336. The van der Waals surface area contributed by atoms with Crippen LogP contribution in [-0.4, -0.2) is 48.2 Å². The van der Waals surface area contributed by atoms with E-state index in [1.54, 1.807) is 0 Å². The summed E-state index contributed by atoms with van der Waals surface area (Å²) in [6.07, 6.45) is 6.40. The molecule has 0 bridgehead atoms. The lowest BCUT2D eigenvalue weighted by atomic mass is 9.85. The highest BCUT2D eigenvalue weighted by Crippen LogP contribution is 2.31. The van der Waals surface area contributed by atoms with Crippen LogP contribution in [0.1, 0.15) is 79.1 Å². The molecule has 0 aromatic heterocycles. The minimum absolute atomic E-state index is 0.143. The highest BCUT2D eigenvalue weighted by atomic mass is 16.5. The molecule has 1 aliphatic rings. The molecule has 26 heavy (non-hydrogen) atoms. The van der Waals surface area contributed by atoms with Gasteiger partial charge in [0.05, 0.1) is 18.2 Å². The molecule has 0 saturated heterocycles. The molecule has 5 nitrogen and oxygen atoms in total. The number of ether oxygens (including phenoxy) is 2. The van der Waals surface area contributed by atoms with Gasteiger partial charge in [0.25, 0.3) is 0 Å². The van der Waals surface area contributed by atoms with Gasteiger partial charge in [-0.05, 0) is 47.6 Å². The van der Waals surface area contributed by atoms with E-state index in [4.69, 9.17) is 4.74 Å². The van der Waals surface area contributed by atoms with E-state index in [0.717, 1.165) is 38.5 Å². The molecule has 148 valence electrons. The van der Waals surface area contributed by atoms with Gasteiger partial charge < -0.3 is 9.47 Å². The first-order valence-corrected chi connectivity index (χ1v) is 9.64. The molecule has 0 aliphatic carbocycles. The van der Waals surface area contributed by atoms with Crippen molar-refractivity contribution in [2.45, 2.75) is 96.2 Å². The number of unbranched alkanes of at least 4 members (excludes halogenated alkanes) is 5. The van der Waals surface area contributed by atoms with E-state index in [0.29, 0.717) is 12.8 Å². The Bertz CT molecular complexity index is 542. The molecule has 0 aromatic carbocycles. The zero-order valence-electron chi connectivity index (χ0n) is 17.3. The molecule has 1 unspecified atom stereocenters. The van der Waals surface area contributed by atoms with Crippen molar-refractivity contribution in [3.05, 3.63) is 0 Å². The Hall–Kier alpha value is -1.54. The first-order valence-electron chi connectivity index (χ1n) is 9.64. The molecular weight excluding hydrogens is 330 g/mol. The van der Waals surface area contributed by atoms with Crippen LogP contribution >= 0.6 is 0 Å². The van der Waals surface area contributed by atoms with Gasteiger partial charge in [-0.1, -0.05) is 37.5 Å². The Morgan fingerprint density at radius 1 is 0.923 bits per heavy atom. The van der Waals surface area contributed by atoms with E-state index in [-0.39, 0.29) is 23.0 Å². The zero-order chi connectivity index (χ0) is 19.8. The van der Waals surface area contributed by atoms with Crippen molar-refractivity contribution in [2.24, 2.45) is 0 Å². The fourth-order valence-corrected chi connectivity index (χ4v) is 3.11. The SMILES string of the molecule is COC(=O)CCCCCCCCC(=O)OC1C#CC(C)(C)N(C)C1(C)C. The maximum Gasteiger partial charge on any atom is 0.307 e. The predicted molar refractivity (Wildman–Crippen MR) is 103 cm³/mol. The number of hydrogen-bond donors (Lipinski definition) is 0. The lowest BCUT2D eigenvalue weighted by molar-refractivity contribution is -0.154. The average Bonchev–Trinajstić information content (AvgIpc) is 2.58. The fourth-order valence-electron chi connectivity index (χ4n) is 3.11. The normalized spacial score (nSPS) is 20.8. The Labute approximate surface area is 158 Å². The number of carbonyl (C=O) groups excluding carboxylic acids is 2. The summed E-state index contributed by atoms with van der Waals surface area (Å²) in [5, 5.41) is 0. The van der Waals surface area contributed by atoms with E-state index < -0.39 is 6.10 Å². The van der Waals surface area contributed by atoms with Crippen LogP contribution in [0, 0.1) is 11.8 Å². The van der Waals surface area contributed by atoms with Crippen molar-refractivity contribution in [1.29, 1.82) is 0 Å². The topological polar surface area (TPSA) is 55.8 Å². The van der Waals surface area contributed by atoms with Crippen LogP contribution in [0.4, 0.5) is 0 Å². The lowest BCUT2D eigenvalue weighted by Crippen LogP contribution is -2.61. The van der Waals surface area contributed by atoms with Crippen LogP contribution in [0.3, 0.4) is 0 Å². The number of rotatable bonds is 10. The van der Waals surface area contributed by atoms with E-state index in [1.807, 2.05) is 7.05 Å². The first-order chi connectivity index (χ1) is 12.1. The third-order valence-electron chi connectivity index (χ3n) is 5.34. The van der Waals surface area contributed by atoms with Crippen LogP contribution in [-0.2, 0) is 19.1 Å². The van der Waals surface area contributed by atoms with Crippen LogP contribution in [0.5, 0.6) is 0 Å². The third-order valence-corrected chi connectivity index (χ3v) is 5.34. The summed E-state index contributed by atoms with van der Waals surface area (Å²) in [7, 11) is 3.44. The lowest BCUT2D eigenvalue weighted by Gasteiger charge is -2.48. The maximum absolute atomic E-state index is 12.2. The Morgan fingerprint density at radius 3 is 1.96 bits per heavy atom. The van der Waals surface area contributed by atoms with Gasteiger partial charge in [0.2, 0.25) is 0 Å². The maximum atomic E-state index is 12.2. The van der Waals surface area contributed by atoms with Crippen LogP contribution in [0.2, 0.25) is 0 Å². The molecular formula is C21H35NO4. The van der Waals surface area contributed by atoms with Crippen molar-refractivity contribution in [3.8, 4) is 11.8 Å². The summed E-state index contributed by atoms with van der Waals surface area (Å²) in [6, 6.07) is 0. The van der Waals surface area contributed by atoms with Gasteiger partial charge in [0.15, 0.2) is 6.10 Å². The number of esters is 2. The summed E-state index contributed by atoms with van der Waals surface area (Å²) >= 11 is 0. The second kappa shape index (κ2) is 9.97. The molecule has 1 heterocycles. The Kier molecular flexibility index (Phi) is 8.62. The van der Waals surface area contributed by atoms with Crippen molar-refractivity contribution in [3.63, 3.8) is 0 Å². The molecule has 0 fully saturated rings. The van der Waals surface area contributed by atoms with E-state index in [2.05, 4.69) is 49.2 Å². The highest BCUT2D eigenvalue weighted by Gasteiger charge is 2.44. The van der Waals surface area contributed by atoms with Gasteiger partial charge in [0, 0.05) is 12.8 Å². The van der Waals surface area contributed by atoms with Crippen LogP contribution < -0.4 is 0 Å². The molecule has 0 radical (unpaired) electrons. The molecule has 0 saturated carbocycles. The molecule has 5 heteroatoms. The third kappa shape index (κ3) is 6.64. The van der Waals surface area contributed by atoms with Gasteiger partial charge >= 0.3 is 11.9 Å². The van der Waals surface area contributed by atoms with E-state index in [1.165, 1.54) is 7.11 Å². The molecule has 0 aromatic rings. The zero-order valence-corrected chi connectivity index (χ0v) is 17.3. The minimum atomic E-state index is -0.397. The second-order valence-electron chi connectivity index (χ2n) is 8.11. The molecule has 0 spiro atoms. The number of carbonyl (C=O) groups is 2. The summed E-state index contributed by atoms with van der Waals surface area (Å²) in [5.41, 5.74) is -0.537. The molecule has 1 atom stereocenters. The minimum Gasteiger partial charge on any atom is -0.469 e. The van der Waals surface area contributed by atoms with Gasteiger partial charge in [-0.3, -0.25) is 14.5 Å². The van der Waals surface area contributed by atoms with Crippen LogP contribution in [0.15, 0.2) is 0 Å². The Balaban J connectivity index is 2.23. The fraction of sp³-hybridized carbons (Fsp3) is 0.810. The molecule has 0 amide bonds. The predicted octanol–water partition coefficient (Wildman–Crippen LogP) is 3.70. The number of methoxy groups -OCH3 is 1. The monoisotopic (exact) mass is 365 g/mol. The largest absolute Gasteiger partial charge is 0.469 e. The number of nitrogens with zero attached hydrogens (tertiary/aromatic N) is 1. The van der Waals surface area contributed by atoms with Crippen molar-refractivity contribution >= 4 is 11.9 Å². The molecule has 1 rings (SSSR count). The second-order valence-corrected chi connectivity index (χ2v) is 8.11. The highest BCUT2D eigenvalue weighted by molar-refractivity contribution is 5.70. The summed E-state index contributed by atoms with van der Waals surface area (Å²) in [5.74, 6) is 6.01. The Morgan fingerprint density at radius 2 is 1.42 bits per heavy atom. The van der Waals surface area contributed by atoms with Crippen molar-refractivity contribution < 1.29 is 19.1 Å². The average molecular weight is 366 g/mol. The summed E-state index contributed by atoms with van der Waals surface area (Å²) in [4.78, 5) is 25.3. The van der Waals surface area contributed by atoms with Gasteiger partial charge in [-0.2, -0.15) is 0 Å². The molecule has 0 N–H and O–H groups in total. The summed E-state index contributed by atoms with van der Waals surface area (Å²) < 4.78 is 10.3. The molecule has 1 aliphatic heterocycles. The van der Waals surface area contributed by atoms with Gasteiger partial charge in [-0.25, -0.2) is 0 Å². The smallest absolute Gasteiger partial charge is 0.307 e. The van der Waals surface area contributed by atoms with Crippen molar-refractivity contribution in [1.82, 2.24) is 4.90 Å². The van der Waals surface area contributed by atoms with Crippen molar-refractivity contribution in [2.75, 3.05) is 14.2 Å². The number of likely N-dealkylation sites (N-methyl/N-ethyl adjacent to an activating group) is 1. The van der Waals surface area contributed by atoms with E-state index in [9.17, 15) is 9.59 Å². The van der Waals surface area contributed by atoms with Gasteiger partial charge in [0.1, 0.15) is 0 Å². The number of hydrogen-bond acceptors (Lipinski definition) is 5. The van der Waals surface area contributed by atoms with E-state index >= 15 is 0 Å². The summed E-state index contributed by atoms with van der Waals surface area (Å²) in [6.45, 7) is 8.28.